The van der Waals surface area contributed by atoms with Gasteiger partial charge < -0.3 is 5.32 Å². The summed E-state index contributed by atoms with van der Waals surface area (Å²) in [6.07, 6.45) is 5.01. The van der Waals surface area contributed by atoms with Crippen LogP contribution in [-0.2, 0) is 11.3 Å². The Hall–Kier alpha value is -2.25. The fourth-order valence-electron chi connectivity index (χ4n) is 3.09. The van der Waals surface area contributed by atoms with E-state index in [1.807, 2.05) is 0 Å². The van der Waals surface area contributed by atoms with E-state index in [1.54, 1.807) is 30.5 Å². The lowest BCUT2D eigenvalue weighted by Gasteiger charge is -2.09. The van der Waals surface area contributed by atoms with Gasteiger partial charge in [-0.2, -0.15) is 5.10 Å². The minimum atomic E-state index is -0.330. The summed E-state index contributed by atoms with van der Waals surface area (Å²) in [7, 11) is 0. The molecular weight excluding hydrogens is 309 g/mol. The zero-order valence-electron chi connectivity index (χ0n) is 13.2. The molecule has 126 valence electrons. The van der Waals surface area contributed by atoms with Gasteiger partial charge in [0.05, 0.1) is 12.2 Å². The van der Waals surface area contributed by atoms with E-state index in [1.165, 1.54) is 23.6 Å². The molecule has 1 aromatic carbocycles. The summed E-state index contributed by atoms with van der Waals surface area (Å²) in [4.78, 5) is 12.2. The molecule has 1 aromatic heterocycles. The molecule has 0 radical (unpaired) electrons. The zero-order chi connectivity index (χ0) is 16.5. The van der Waals surface area contributed by atoms with Gasteiger partial charge in [-0.15, -0.1) is 0 Å². The van der Waals surface area contributed by atoms with Crippen molar-refractivity contribution < 1.29 is 9.18 Å². The van der Waals surface area contributed by atoms with E-state index in [0.717, 1.165) is 6.42 Å². The SMILES string of the molecule is O=C(NCc1ccn(-c2ccccc2F)n1)C1CC(C2CC2)NN1. The molecule has 6 nitrogen and oxygen atoms in total. The van der Waals surface area contributed by atoms with E-state index in [4.69, 9.17) is 0 Å². The monoisotopic (exact) mass is 329 g/mol. The van der Waals surface area contributed by atoms with Crippen LogP contribution < -0.4 is 16.2 Å². The third-order valence-electron chi connectivity index (χ3n) is 4.63. The van der Waals surface area contributed by atoms with Gasteiger partial charge in [0.1, 0.15) is 17.5 Å². The van der Waals surface area contributed by atoms with Gasteiger partial charge in [0, 0.05) is 12.2 Å². The Balaban J connectivity index is 1.33. The number of hydrogen-bond acceptors (Lipinski definition) is 4. The van der Waals surface area contributed by atoms with Gasteiger partial charge in [-0.25, -0.2) is 14.5 Å². The summed E-state index contributed by atoms with van der Waals surface area (Å²) in [5.74, 6) is 0.349. The number of nitrogens with one attached hydrogen (secondary N) is 3. The number of hydrazine groups is 1. The van der Waals surface area contributed by atoms with Crippen LogP contribution in [-0.4, -0.2) is 27.8 Å². The Morgan fingerprint density at radius 3 is 2.92 bits per heavy atom. The van der Waals surface area contributed by atoms with Gasteiger partial charge in [-0.05, 0) is 43.4 Å². The molecule has 2 atom stereocenters. The predicted octanol–water partition coefficient (Wildman–Crippen LogP) is 1.27. The van der Waals surface area contributed by atoms with Crippen LogP contribution in [0.3, 0.4) is 0 Å². The maximum absolute atomic E-state index is 13.8. The molecule has 3 N–H and O–H groups in total. The highest BCUT2D eigenvalue weighted by molar-refractivity contribution is 5.82. The fraction of sp³-hybridized carbons (Fsp3) is 0.412. The number of carbonyl (C=O) groups is 1. The van der Waals surface area contributed by atoms with Crippen LogP contribution in [0.1, 0.15) is 25.0 Å². The molecule has 1 saturated carbocycles. The Kier molecular flexibility index (Phi) is 4.03. The lowest BCUT2D eigenvalue weighted by molar-refractivity contribution is -0.123. The highest BCUT2D eigenvalue weighted by Crippen LogP contribution is 2.35. The molecule has 0 bridgehead atoms. The molecule has 2 unspecified atom stereocenters. The Bertz CT molecular complexity index is 742. The summed E-state index contributed by atoms with van der Waals surface area (Å²) in [5, 5.41) is 7.21. The third kappa shape index (κ3) is 3.18. The van der Waals surface area contributed by atoms with Gasteiger partial charge >= 0.3 is 0 Å². The van der Waals surface area contributed by atoms with Crippen molar-refractivity contribution in [1.29, 1.82) is 0 Å². The first-order valence-corrected chi connectivity index (χ1v) is 8.29. The van der Waals surface area contributed by atoms with Crippen LogP contribution in [0.15, 0.2) is 36.5 Å². The smallest absolute Gasteiger partial charge is 0.238 e. The largest absolute Gasteiger partial charge is 0.349 e. The molecule has 1 saturated heterocycles. The molecule has 4 rings (SSSR count). The molecule has 2 aromatic rings. The first kappa shape index (κ1) is 15.3. The van der Waals surface area contributed by atoms with Crippen molar-refractivity contribution in [2.75, 3.05) is 0 Å². The van der Waals surface area contributed by atoms with E-state index in [0.29, 0.717) is 29.9 Å². The van der Waals surface area contributed by atoms with Gasteiger partial charge in [0.25, 0.3) is 0 Å². The van der Waals surface area contributed by atoms with Gasteiger partial charge in [-0.1, -0.05) is 12.1 Å². The van der Waals surface area contributed by atoms with Gasteiger partial charge in [0.2, 0.25) is 5.91 Å². The predicted molar refractivity (Wildman–Crippen MR) is 86.6 cm³/mol. The van der Waals surface area contributed by atoms with Crippen LogP contribution in [0.5, 0.6) is 0 Å². The maximum Gasteiger partial charge on any atom is 0.238 e. The highest BCUT2D eigenvalue weighted by Gasteiger charge is 2.38. The van der Waals surface area contributed by atoms with Crippen LogP contribution in [0.2, 0.25) is 0 Å². The number of carbonyl (C=O) groups excluding carboxylic acids is 1. The molecular formula is C17H20FN5O. The van der Waals surface area contributed by atoms with E-state index in [2.05, 4.69) is 21.3 Å². The van der Waals surface area contributed by atoms with Gasteiger partial charge in [0.15, 0.2) is 0 Å². The molecule has 0 spiro atoms. The third-order valence-corrected chi connectivity index (χ3v) is 4.63. The number of para-hydroxylation sites is 1. The Labute approximate surface area is 139 Å². The first-order valence-electron chi connectivity index (χ1n) is 8.29. The average molecular weight is 329 g/mol. The molecule has 1 aliphatic carbocycles. The molecule has 1 aliphatic heterocycles. The second-order valence-corrected chi connectivity index (χ2v) is 6.44. The van der Waals surface area contributed by atoms with Crippen molar-refractivity contribution in [3.05, 3.63) is 48.0 Å². The maximum atomic E-state index is 13.8. The van der Waals surface area contributed by atoms with Crippen molar-refractivity contribution in [1.82, 2.24) is 25.9 Å². The van der Waals surface area contributed by atoms with E-state index in [9.17, 15) is 9.18 Å². The summed E-state index contributed by atoms with van der Waals surface area (Å²) in [5.41, 5.74) is 7.36. The van der Waals surface area contributed by atoms with E-state index >= 15 is 0 Å². The van der Waals surface area contributed by atoms with Crippen molar-refractivity contribution in [3.8, 4) is 5.69 Å². The number of benzene rings is 1. The topological polar surface area (TPSA) is 71.0 Å². The summed E-state index contributed by atoms with van der Waals surface area (Å²) in [6, 6.07) is 8.44. The van der Waals surface area contributed by atoms with Gasteiger partial charge in [-0.3, -0.25) is 10.2 Å². The summed E-state index contributed by atoms with van der Waals surface area (Å²) in [6.45, 7) is 0.326. The number of aromatic nitrogens is 2. The standard InChI is InChI=1S/C17H20FN5O/c18-13-3-1-2-4-16(13)23-8-7-12(22-23)10-19-17(24)15-9-14(20-21-15)11-5-6-11/h1-4,7-8,11,14-15,20-21H,5-6,9-10H2,(H,19,24). The van der Waals surface area contributed by atoms with Crippen molar-refractivity contribution >= 4 is 5.91 Å². The van der Waals surface area contributed by atoms with Crippen LogP contribution in [0.25, 0.3) is 5.69 Å². The number of rotatable bonds is 5. The highest BCUT2D eigenvalue weighted by atomic mass is 19.1. The summed E-state index contributed by atoms with van der Waals surface area (Å²) >= 11 is 0. The molecule has 2 fully saturated rings. The van der Waals surface area contributed by atoms with Crippen LogP contribution in [0, 0.1) is 11.7 Å². The van der Waals surface area contributed by atoms with Crippen molar-refractivity contribution in [2.24, 2.45) is 5.92 Å². The molecule has 2 heterocycles. The number of halogens is 1. The van der Waals surface area contributed by atoms with Crippen LogP contribution >= 0.6 is 0 Å². The number of amides is 1. The van der Waals surface area contributed by atoms with Crippen molar-refractivity contribution in [3.63, 3.8) is 0 Å². The second-order valence-electron chi connectivity index (χ2n) is 6.44. The number of nitrogens with zero attached hydrogens (tertiary/aromatic N) is 2. The molecule has 2 aliphatic rings. The van der Waals surface area contributed by atoms with Crippen molar-refractivity contribution in [2.45, 2.75) is 37.9 Å². The normalized spacial score (nSPS) is 23.4. The quantitative estimate of drug-likeness (QED) is 0.773. The lowest BCUT2D eigenvalue weighted by Crippen LogP contribution is -2.43. The number of hydrogen-bond donors (Lipinski definition) is 3. The average Bonchev–Trinajstić information content (AvgIpc) is 3.13. The summed E-state index contributed by atoms with van der Waals surface area (Å²) < 4.78 is 15.2. The Morgan fingerprint density at radius 2 is 2.12 bits per heavy atom. The fourth-order valence-corrected chi connectivity index (χ4v) is 3.09. The van der Waals surface area contributed by atoms with E-state index < -0.39 is 0 Å². The van der Waals surface area contributed by atoms with Crippen LogP contribution in [0.4, 0.5) is 4.39 Å². The zero-order valence-corrected chi connectivity index (χ0v) is 13.2. The molecule has 24 heavy (non-hydrogen) atoms. The second kappa shape index (κ2) is 6.33. The first-order chi connectivity index (χ1) is 11.7. The lowest BCUT2D eigenvalue weighted by atomic mass is 10.1. The van der Waals surface area contributed by atoms with E-state index in [-0.39, 0.29) is 17.8 Å². The molecule has 1 amide bonds. The Morgan fingerprint density at radius 1 is 1.29 bits per heavy atom. The molecule has 7 heteroatoms. The minimum absolute atomic E-state index is 0.0360. The minimum Gasteiger partial charge on any atom is -0.349 e.